The zero-order chi connectivity index (χ0) is 15.1. The molecule has 0 radical (unpaired) electrons. The van der Waals surface area contributed by atoms with Crippen LogP contribution in [0.15, 0.2) is 46.3 Å². The van der Waals surface area contributed by atoms with Gasteiger partial charge in [-0.05, 0) is 52.9 Å². The molecular weight excluding hydrogens is 346 g/mol. The van der Waals surface area contributed by atoms with Crippen molar-refractivity contribution in [3.05, 3.63) is 56.7 Å². The average molecular weight is 368 g/mol. The Labute approximate surface area is 139 Å². The zero-order valence-electron chi connectivity index (χ0n) is 12.3. The summed E-state index contributed by atoms with van der Waals surface area (Å²) >= 11 is 5.21. The molecule has 1 heterocycles. The van der Waals surface area contributed by atoms with Crippen molar-refractivity contribution in [2.24, 2.45) is 5.73 Å². The van der Waals surface area contributed by atoms with Crippen molar-refractivity contribution in [3.8, 4) is 0 Å². The second-order valence-corrected chi connectivity index (χ2v) is 7.59. The fraction of sp³-hybridized carbons (Fsp3) is 0.412. The van der Waals surface area contributed by atoms with E-state index in [9.17, 15) is 0 Å². The van der Waals surface area contributed by atoms with Gasteiger partial charge in [-0.1, -0.05) is 37.3 Å². The quantitative estimate of drug-likeness (QED) is 0.670. The van der Waals surface area contributed by atoms with Crippen LogP contribution in [0, 0.1) is 0 Å². The SMILES string of the molecule is CCC(N)C(OCCCc1ccccc1)c1ccc(Br)s1. The lowest BCUT2D eigenvalue weighted by molar-refractivity contribution is 0.0346. The van der Waals surface area contributed by atoms with Crippen LogP contribution in [0.4, 0.5) is 0 Å². The van der Waals surface area contributed by atoms with Crippen LogP contribution >= 0.6 is 27.3 Å². The predicted octanol–water partition coefficient (Wildman–Crippen LogP) is 4.94. The van der Waals surface area contributed by atoms with Crippen LogP contribution in [0.2, 0.25) is 0 Å². The van der Waals surface area contributed by atoms with Crippen LogP contribution in [0.1, 0.15) is 36.3 Å². The highest BCUT2D eigenvalue weighted by Gasteiger charge is 2.20. The highest BCUT2D eigenvalue weighted by Crippen LogP contribution is 2.31. The Kier molecular flexibility index (Phi) is 6.90. The number of aryl methyl sites for hydroxylation is 1. The summed E-state index contributed by atoms with van der Waals surface area (Å²) in [6, 6.07) is 14.7. The summed E-state index contributed by atoms with van der Waals surface area (Å²) in [5.74, 6) is 0. The first-order valence-corrected chi connectivity index (χ1v) is 8.98. The number of hydrogen-bond acceptors (Lipinski definition) is 3. The molecule has 0 amide bonds. The van der Waals surface area contributed by atoms with E-state index >= 15 is 0 Å². The summed E-state index contributed by atoms with van der Waals surface area (Å²) < 4.78 is 7.20. The third-order valence-electron chi connectivity index (χ3n) is 3.48. The molecule has 0 aliphatic carbocycles. The van der Waals surface area contributed by atoms with E-state index in [0.29, 0.717) is 0 Å². The molecule has 0 aliphatic rings. The molecule has 4 heteroatoms. The fourth-order valence-electron chi connectivity index (χ4n) is 2.24. The van der Waals surface area contributed by atoms with E-state index in [1.165, 1.54) is 10.4 Å². The maximum absolute atomic E-state index is 6.22. The second kappa shape index (κ2) is 8.69. The Balaban J connectivity index is 1.85. The minimum atomic E-state index is 0.00192. The summed E-state index contributed by atoms with van der Waals surface area (Å²) in [7, 11) is 0. The van der Waals surface area contributed by atoms with Crippen LogP contribution in [-0.2, 0) is 11.2 Å². The van der Waals surface area contributed by atoms with Gasteiger partial charge >= 0.3 is 0 Å². The zero-order valence-corrected chi connectivity index (χ0v) is 14.7. The molecular formula is C17H22BrNOS. The van der Waals surface area contributed by atoms with Crippen molar-refractivity contribution < 1.29 is 4.74 Å². The highest BCUT2D eigenvalue weighted by atomic mass is 79.9. The van der Waals surface area contributed by atoms with E-state index in [0.717, 1.165) is 29.7 Å². The molecule has 1 aromatic heterocycles. The largest absolute Gasteiger partial charge is 0.371 e. The first kappa shape index (κ1) is 16.7. The van der Waals surface area contributed by atoms with E-state index in [-0.39, 0.29) is 12.1 Å². The topological polar surface area (TPSA) is 35.2 Å². The number of thiophene rings is 1. The summed E-state index contributed by atoms with van der Waals surface area (Å²) in [6.07, 6.45) is 2.98. The Morgan fingerprint density at radius 3 is 2.57 bits per heavy atom. The van der Waals surface area contributed by atoms with Crippen LogP contribution in [-0.4, -0.2) is 12.6 Å². The van der Waals surface area contributed by atoms with Crippen LogP contribution in [0.3, 0.4) is 0 Å². The van der Waals surface area contributed by atoms with E-state index in [4.69, 9.17) is 10.5 Å². The van der Waals surface area contributed by atoms with Gasteiger partial charge in [0.15, 0.2) is 0 Å². The Hall–Kier alpha value is -0.680. The number of ether oxygens (including phenoxy) is 1. The van der Waals surface area contributed by atoms with Crippen molar-refractivity contribution in [2.45, 2.75) is 38.3 Å². The van der Waals surface area contributed by atoms with Crippen LogP contribution in [0.5, 0.6) is 0 Å². The molecule has 0 bridgehead atoms. The Morgan fingerprint density at radius 1 is 1.19 bits per heavy atom. The van der Waals surface area contributed by atoms with Gasteiger partial charge < -0.3 is 10.5 Å². The number of benzene rings is 1. The monoisotopic (exact) mass is 367 g/mol. The van der Waals surface area contributed by atoms with Gasteiger partial charge in [0.2, 0.25) is 0 Å². The first-order chi connectivity index (χ1) is 10.2. The van der Waals surface area contributed by atoms with Gasteiger partial charge in [-0.2, -0.15) is 0 Å². The van der Waals surface area contributed by atoms with Gasteiger partial charge in [0.25, 0.3) is 0 Å². The lowest BCUT2D eigenvalue weighted by atomic mass is 10.1. The Bertz CT molecular complexity index is 529. The highest BCUT2D eigenvalue weighted by molar-refractivity contribution is 9.11. The molecule has 0 fully saturated rings. The maximum Gasteiger partial charge on any atom is 0.107 e. The standard InChI is InChI=1S/C17H22BrNOS/c1-2-14(19)17(15-10-11-16(18)21-15)20-12-6-9-13-7-4-3-5-8-13/h3-5,7-8,10-11,14,17H,2,6,9,12,19H2,1H3. The van der Waals surface area contributed by atoms with Crippen molar-refractivity contribution in [1.82, 2.24) is 0 Å². The van der Waals surface area contributed by atoms with Gasteiger partial charge in [-0.25, -0.2) is 0 Å². The van der Waals surface area contributed by atoms with Crippen molar-refractivity contribution in [2.75, 3.05) is 6.61 Å². The van der Waals surface area contributed by atoms with E-state index in [1.807, 2.05) is 6.07 Å². The smallest absolute Gasteiger partial charge is 0.107 e. The molecule has 1 aromatic carbocycles. The van der Waals surface area contributed by atoms with E-state index in [2.05, 4.69) is 59.3 Å². The number of rotatable bonds is 8. The van der Waals surface area contributed by atoms with Gasteiger partial charge in [0.05, 0.1) is 3.79 Å². The maximum atomic E-state index is 6.22. The molecule has 2 rings (SSSR count). The molecule has 2 unspecified atom stereocenters. The molecule has 114 valence electrons. The summed E-state index contributed by atoms with van der Waals surface area (Å²) in [6.45, 7) is 2.84. The Morgan fingerprint density at radius 2 is 1.95 bits per heavy atom. The van der Waals surface area contributed by atoms with Crippen LogP contribution < -0.4 is 5.73 Å². The molecule has 0 saturated carbocycles. The van der Waals surface area contributed by atoms with Crippen LogP contribution in [0.25, 0.3) is 0 Å². The molecule has 2 aromatic rings. The van der Waals surface area contributed by atoms with Crippen molar-refractivity contribution >= 4 is 27.3 Å². The number of halogens is 1. The third-order valence-corrected chi connectivity index (χ3v) is 5.17. The molecule has 0 aliphatic heterocycles. The normalized spacial score (nSPS) is 14.0. The lowest BCUT2D eigenvalue weighted by Gasteiger charge is -2.22. The van der Waals surface area contributed by atoms with E-state index < -0.39 is 0 Å². The summed E-state index contributed by atoms with van der Waals surface area (Å²) in [5, 5.41) is 0. The van der Waals surface area contributed by atoms with Gasteiger partial charge in [-0.15, -0.1) is 11.3 Å². The molecule has 2 nitrogen and oxygen atoms in total. The number of nitrogens with two attached hydrogens (primary N) is 1. The lowest BCUT2D eigenvalue weighted by Crippen LogP contribution is -2.29. The molecule has 2 N–H and O–H groups in total. The van der Waals surface area contributed by atoms with Gasteiger partial charge in [0, 0.05) is 17.5 Å². The molecule has 21 heavy (non-hydrogen) atoms. The number of hydrogen-bond donors (Lipinski definition) is 1. The average Bonchev–Trinajstić information content (AvgIpc) is 2.94. The fourth-order valence-corrected chi connectivity index (χ4v) is 3.79. The van der Waals surface area contributed by atoms with Gasteiger partial charge in [-0.3, -0.25) is 0 Å². The summed E-state index contributed by atoms with van der Waals surface area (Å²) in [5.41, 5.74) is 7.58. The van der Waals surface area contributed by atoms with Crippen molar-refractivity contribution in [3.63, 3.8) is 0 Å². The first-order valence-electron chi connectivity index (χ1n) is 7.37. The molecule has 2 atom stereocenters. The molecule has 0 spiro atoms. The molecule has 0 saturated heterocycles. The van der Waals surface area contributed by atoms with E-state index in [1.54, 1.807) is 11.3 Å². The third kappa shape index (κ3) is 5.22. The second-order valence-electron chi connectivity index (χ2n) is 5.09. The minimum absolute atomic E-state index is 0.00192. The van der Waals surface area contributed by atoms with Crippen molar-refractivity contribution in [1.29, 1.82) is 0 Å². The summed E-state index contributed by atoms with van der Waals surface area (Å²) in [4.78, 5) is 1.20. The predicted molar refractivity (Wildman–Crippen MR) is 93.7 cm³/mol. The minimum Gasteiger partial charge on any atom is -0.371 e. The van der Waals surface area contributed by atoms with Gasteiger partial charge in [0.1, 0.15) is 6.10 Å².